The normalized spacial score (nSPS) is 14.7. The highest BCUT2D eigenvalue weighted by atomic mass is 35.5. The Morgan fingerprint density at radius 1 is 1.29 bits per heavy atom. The summed E-state index contributed by atoms with van der Waals surface area (Å²) in [6, 6.07) is 1.83. The lowest BCUT2D eigenvalue weighted by Gasteiger charge is -2.21. The molecule has 1 amide bonds. The maximum Gasteiger partial charge on any atom is 0.349 e. The van der Waals surface area contributed by atoms with Gasteiger partial charge in [0.15, 0.2) is 5.13 Å². The average Bonchev–Trinajstić information content (AvgIpc) is 3.03. The van der Waals surface area contributed by atoms with Gasteiger partial charge in [0.2, 0.25) is 0 Å². The summed E-state index contributed by atoms with van der Waals surface area (Å²) in [5.74, 6) is 0.436. The predicted octanol–water partition coefficient (Wildman–Crippen LogP) is 4.27. The van der Waals surface area contributed by atoms with Crippen molar-refractivity contribution < 1.29 is 9.21 Å². The van der Waals surface area contributed by atoms with E-state index in [0.717, 1.165) is 31.6 Å². The monoisotopic (exact) mass is 447 g/mol. The molecule has 0 bridgehead atoms. The third-order valence-electron chi connectivity index (χ3n) is 4.63. The zero-order chi connectivity index (χ0) is 18.9. The second-order valence-corrected chi connectivity index (χ2v) is 8.62. The van der Waals surface area contributed by atoms with Crippen molar-refractivity contribution in [2.45, 2.75) is 51.9 Å². The van der Waals surface area contributed by atoms with Crippen LogP contribution in [-0.4, -0.2) is 24.0 Å². The molecular formula is C19H27Cl2N3O3S. The zero-order valence-electron chi connectivity index (χ0n) is 16.5. The van der Waals surface area contributed by atoms with Crippen molar-refractivity contribution in [2.75, 3.05) is 18.4 Å². The van der Waals surface area contributed by atoms with Crippen molar-refractivity contribution in [3.05, 3.63) is 44.4 Å². The number of aromatic nitrogens is 1. The van der Waals surface area contributed by atoms with E-state index >= 15 is 0 Å². The van der Waals surface area contributed by atoms with Crippen LogP contribution in [0.25, 0.3) is 0 Å². The van der Waals surface area contributed by atoms with E-state index in [1.54, 1.807) is 6.92 Å². The molecule has 0 radical (unpaired) electrons. The SMILES string of the molecule is Cc1cc(C2CCNCC2)oc(=O)c1C(=O)Nc1nc(C(C)(C)C)cs1.Cl.Cl. The minimum atomic E-state index is -0.580. The van der Waals surface area contributed by atoms with Gasteiger partial charge in [0.25, 0.3) is 5.91 Å². The maximum atomic E-state index is 12.6. The highest BCUT2D eigenvalue weighted by Gasteiger charge is 2.24. The maximum absolute atomic E-state index is 12.6. The van der Waals surface area contributed by atoms with Crippen LogP contribution in [-0.2, 0) is 5.41 Å². The number of halogens is 2. The number of nitrogens with one attached hydrogen (secondary N) is 2. The van der Waals surface area contributed by atoms with Crippen LogP contribution < -0.4 is 16.3 Å². The van der Waals surface area contributed by atoms with Gasteiger partial charge in [-0.15, -0.1) is 36.2 Å². The lowest BCUT2D eigenvalue weighted by Crippen LogP contribution is -2.28. The molecule has 156 valence electrons. The fraction of sp³-hybridized carbons (Fsp3) is 0.526. The van der Waals surface area contributed by atoms with Gasteiger partial charge in [0.05, 0.1) is 5.69 Å². The summed E-state index contributed by atoms with van der Waals surface area (Å²) >= 11 is 1.35. The Morgan fingerprint density at radius 2 is 1.93 bits per heavy atom. The molecule has 0 saturated carbocycles. The third-order valence-corrected chi connectivity index (χ3v) is 5.39. The zero-order valence-corrected chi connectivity index (χ0v) is 18.9. The lowest BCUT2D eigenvalue weighted by molar-refractivity contribution is 0.102. The Labute approximate surface area is 181 Å². The number of carbonyl (C=O) groups excluding carboxylic acids is 1. The number of aryl methyl sites for hydroxylation is 1. The quantitative estimate of drug-likeness (QED) is 0.733. The van der Waals surface area contributed by atoms with Crippen LogP contribution in [0, 0.1) is 6.92 Å². The molecular weight excluding hydrogens is 421 g/mol. The van der Waals surface area contributed by atoms with Crippen LogP contribution in [0.4, 0.5) is 5.13 Å². The van der Waals surface area contributed by atoms with Gasteiger partial charge in [-0.3, -0.25) is 10.1 Å². The minimum Gasteiger partial charge on any atom is -0.427 e. The van der Waals surface area contributed by atoms with E-state index in [-0.39, 0.29) is 41.7 Å². The fourth-order valence-corrected chi connectivity index (χ4v) is 3.98. The van der Waals surface area contributed by atoms with Gasteiger partial charge >= 0.3 is 5.63 Å². The Hall–Kier alpha value is -1.41. The summed E-state index contributed by atoms with van der Waals surface area (Å²) in [5.41, 5.74) is 0.923. The molecule has 0 aromatic carbocycles. The number of nitrogens with zero attached hydrogens (tertiary/aromatic N) is 1. The average molecular weight is 448 g/mol. The van der Waals surface area contributed by atoms with E-state index < -0.39 is 11.5 Å². The van der Waals surface area contributed by atoms with Gasteiger partial charge in [-0.1, -0.05) is 20.8 Å². The first-order valence-electron chi connectivity index (χ1n) is 8.88. The van der Waals surface area contributed by atoms with Crippen molar-refractivity contribution in [3.63, 3.8) is 0 Å². The Kier molecular flexibility index (Phi) is 8.68. The Bertz CT molecular complexity index is 868. The van der Waals surface area contributed by atoms with E-state index in [2.05, 4.69) is 36.4 Å². The largest absolute Gasteiger partial charge is 0.427 e. The standard InChI is InChI=1S/C19H25N3O3S.2ClH/c1-11-9-13(12-5-7-20-8-6-12)25-17(24)15(11)16(23)22-18-21-14(10-26-18)19(2,3)4;;/h9-10,12,20H,5-8H2,1-4H3,(H,21,22,23);2*1H. The van der Waals surface area contributed by atoms with Crippen molar-refractivity contribution in [3.8, 4) is 0 Å². The number of piperidine rings is 1. The van der Waals surface area contributed by atoms with Crippen LogP contribution >= 0.6 is 36.2 Å². The topological polar surface area (TPSA) is 84.2 Å². The second-order valence-electron chi connectivity index (χ2n) is 7.76. The van der Waals surface area contributed by atoms with E-state index in [1.165, 1.54) is 11.3 Å². The van der Waals surface area contributed by atoms with Crippen molar-refractivity contribution in [1.82, 2.24) is 10.3 Å². The number of hydrogen-bond donors (Lipinski definition) is 2. The molecule has 9 heteroatoms. The van der Waals surface area contributed by atoms with Crippen LogP contribution in [0.5, 0.6) is 0 Å². The Morgan fingerprint density at radius 3 is 2.46 bits per heavy atom. The molecule has 0 spiro atoms. The van der Waals surface area contributed by atoms with Gasteiger partial charge in [-0.05, 0) is 44.5 Å². The van der Waals surface area contributed by atoms with Gasteiger partial charge in [-0.2, -0.15) is 0 Å². The minimum absolute atomic E-state index is 0. The molecule has 1 saturated heterocycles. The van der Waals surface area contributed by atoms with Crippen LogP contribution in [0.3, 0.4) is 0 Å². The summed E-state index contributed by atoms with van der Waals surface area (Å²) in [4.78, 5) is 29.5. The molecule has 0 atom stereocenters. The molecule has 3 heterocycles. The first kappa shape index (κ1) is 24.6. The number of anilines is 1. The molecule has 6 nitrogen and oxygen atoms in total. The summed E-state index contributed by atoms with van der Waals surface area (Å²) in [6.45, 7) is 9.79. The van der Waals surface area contributed by atoms with Crippen molar-refractivity contribution in [2.24, 2.45) is 0 Å². The molecule has 2 aromatic heterocycles. The lowest BCUT2D eigenvalue weighted by atomic mass is 9.93. The third kappa shape index (κ3) is 5.56. The first-order chi connectivity index (χ1) is 12.3. The van der Waals surface area contributed by atoms with Crippen LogP contribution in [0.2, 0.25) is 0 Å². The summed E-state index contributed by atoms with van der Waals surface area (Å²) < 4.78 is 5.49. The van der Waals surface area contributed by atoms with Gasteiger partial charge in [0.1, 0.15) is 11.3 Å². The van der Waals surface area contributed by atoms with Crippen LogP contribution in [0.1, 0.15) is 66.9 Å². The summed E-state index contributed by atoms with van der Waals surface area (Å²) in [7, 11) is 0. The number of thiazole rings is 1. The second kappa shape index (κ2) is 9.87. The highest BCUT2D eigenvalue weighted by molar-refractivity contribution is 7.14. The number of hydrogen-bond acceptors (Lipinski definition) is 6. The molecule has 3 rings (SSSR count). The fourth-order valence-electron chi connectivity index (χ4n) is 3.05. The molecule has 0 aliphatic carbocycles. The summed E-state index contributed by atoms with van der Waals surface area (Å²) in [5, 5.41) is 8.43. The van der Waals surface area contributed by atoms with Crippen molar-refractivity contribution in [1.29, 1.82) is 0 Å². The molecule has 0 unspecified atom stereocenters. The van der Waals surface area contributed by atoms with E-state index in [9.17, 15) is 9.59 Å². The summed E-state index contributed by atoms with van der Waals surface area (Å²) in [6.07, 6.45) is 1.87. The molecule has 1 aliphatic rings. The van der Waals surface area contributed by atoms with E-state index in [0.29, 0.717) is 16.5 Å². The molecule has 1 aliphatic heterocycles. The van der Waals surface area contributed by atoms with Gasteiger partial charge < -0.3 is 9.73 Å². The van der Waals surface area contributed by atoms with E-state index in [4.69, 9.17) is 4.42 Å². The van der Waals surface area contributed by atoms with Crippen LogP contribution in [0.15, 0.2) is 20.7 Å². The molecule has 2 aromatic rings. The number of rotatable bonds is 3. The van der Waals surface area contributed by atoms with Gasteiger partial charge in [-0.25, -0.2) is 9.78 Å². The number of carbonyl (C=O) groups is 1. The predicted molar refractivity (Wildman–Crippen MR) is 118 cm³/mol. The van der Waals surface area contributed by atoms with Gasteiger partial charge in [0, 0.05) is 16.7 Å². The smallest absolute Gasteiger partial charge is 0.349 e. The van der Waals surface area contributed by atoms with Crippen molar-refractivity contribution >= 4 is 47.2 Å². The number of amides is 1. The first-order valence-corrected chi connectivity index (χ1v) is 9.76. The Balaban J connectivity index is 0.00000196. The van der Waals surface area contributed by atoms with E-state index in [1.807, 2.05) is 11.4 Å². The molecule has 2 N–H and O–H groups in total. The highest BCUT2D eigenvalue weighted by Crippen LogP contribution is 2.28. The molecule has 1 fully saturated rings. The molecule has 28 heavy (non-hydrogen) atoms.